The number of benzene rings is 7. The number of fused-ring (bicyclic) bond motifs is 6. The average molecular weight is 668 g/mol. The zero-order valence-electron chi connectivity index (χ0n) is 36.0. The minimum Gasteiger partial charge on any atom is -0.455 e. The van der Waals surface area contributed by atoms with Crippen LogP contribution in [0.25, 0.3) is 98.5 Å². The third-order valence-corrected chi connectivity index (χ3v) is 9.89. The van der Waals surface area contributed by atoms with Crippen LogP contribution in [-0.2, 0) is 0 Å². The lowest BCUT2D eigenvalue weighted by Crippen LogP contribution is -2.00. The summed E-state index contributed by atoms with van der Waals surface area (Å²) < 4.78 is 94.8. The standard InChI is InChI=1S/C45H27N3OS/c1-4-13-28(14-5-1)33-25-24-32(40-35-19-10-11-22-38(35)49-41(33)40)31-23-26-39-37(27-31)34-20-12-21-36(42(34)50-39)45-47-43(29-15-6-2-7-16-29)46-44(48-45)30-17-8-3-9-18-30/h1-27H/i2D,6D,7D,10D,11D,15D,16D,19D,24D,25D. The van der Waals surface area contributed by atoms with Crippen LogP contribution in [0.2, 0.25) is 0 Å². The van der Waals surface area contributed by atoms with E-state index in [9.17, 15) is 2.74 Å². The number of nitrogens with zero attached hydrogens (tertiary/aromatic N) is 3. The Morgan fingerprint density at radius 2 is 1.20 bits per heavy atom. The van der Waals surface area contributed by atoms with E-state index in [2.05, 4.69) is 4.98 Å². The molecule has 0 spiro atoms. The van der Waals surface area contributed by atoms with E-state index in [0.29, 0.717) is 49.7 Å². The second-order valence-corrected chi connectivity index (χ2v) is 12.7. The van der Waals surface area contributed by atoms with Gasteiger partial charge in [0.05, 0.1) is 13.7 Å². The van der Waals surface area contributed by atoms with Crippen LogP contribution in [0.15, 0.2) is 168 Å². The molecule has 0 fully saturated rings. The van der Waals surface area contributed by atoms with Gasteiger partial charge in [-0.3, -0.25) is 0 Å². The molecule has 0 saturated heterocycles. The quantitative estimate of drug-likeness (QED) is 0.183. The van der Waals surface area contributed by atoms with Crippen molar-refractivity contribution in [2.24, 2.45) is 0 Å². The molecule has 0 unspecified atom stereocenters. The first kappa shape index (κ1) is 20.2. The van der Waals surface area contributed by atoms with Gasteiger partial charge in [-0.1, -0.05) is 133 Å². The molecule has 3 aromatic heterocycles. The molecule has 7 aromatic carbocycles. The minimum atomic E-state index is -0.519. The number of aromatic nitrogens is 3. The molecule has 3 heterocycles. The van der Waals surface area contributed by atoms with Gasteiger partial charge in [0.25, 0.3) is 0 Å². The molecular weight excluding hydrogens is 631 g/mol. The van der Waals surface area contributed by atoms with Crippen molar-refractivity contribution < 1.29 is 18.1 Å². The van der Waals surface area contributed by atoms with Gasteiger partial charge < -0.3 is 4.42 Å². The van der Waals surface area contributed by atoms with Gasteiger partial charge in [-0.05, 0) is 47.0 Å². The van der Waals surface area contributed by atoms with E-state index in [4.69, 9.17) is 25.4 Å². The number of thiophene rings is 1. The molecule has 50 heavy (non-hydrogen) atoms. The zero-order valence-corrected chi connectivity index (χ0v) is 26.8. The van der Waals surface area contributed by atoms with Gasteiger partial charge in [0.2, 0.25) is 0 Å². The molecule has 4 nitrogen and oxygen atoms in total. The highest BCUT2D eigenvalue weighted by Gasteiger charge is 2.20. The number of furan rings is 1. The fraction of sp³-hybridized carbons (Fsp3) is 0. The first-order valence-corrected chi connectivity index (χ1v) is 16.6. The van der Waals surface area contributed by atoms with E-state index >= 15 is 0 Å². The van der Waals surface area contributed by atoms with Crippen LogP contribution >= 0.6 is 11.3 Å². The molecule has 0 radical (unpaired) electrons. The highest BCUT2D eigenvalue weighted by atomic mass is 32.1. The first-order chi connectivity index (χ1) is 28.9. The Morgan fingerprint density at radius 1 is 0.480 bits per heavy atom. The minimum absolute atomic E-state index is 0.0667. The van der Waals surface area contributed by atoms with E-state index in [1.165, 1.54) is 17.4 Å². The van der Waals surface area contributed by atoms with Gasteiger partial charge >= 0.3 is 0 Å². The summed E-state index contributed by atoms with van der Waals surface area (Å²) in [7, 11) is 0. The summed E-state index contributed by atoms with van der Waals surface area (Å²) in [6, 6.07) is 28.0. The lowest BCUT2D eigenvalue weighted by Gasteiger charge is -2.09. The third kappa shape index (κ3) is 4.71. The van der Waals surface area contributed by atoms with E-state index in [1.54, 1.807) is 0 Å². The van der Waals surface area contributed by atoms with Crippen LogP contribution in [0.1, 0.15) is 13.7 Å². The summed E-state index contributed by atoms with van der Waals surface area (Å²) >= 11 is 1.49. The molecule has 0 aliphatic rings. The van der Waals surface area contributed by atoms with E-state index < -0.39 is 30.2 Å². The van der Waals surface area contributed by atoms with Crippen LogP contribution in [0.4, 0.5) is 0 Å². The first-order valence-electron chi connectivity index (χ1n) is 20.8. The fourth-order valence-corrected chi connectivity index (χ4v) is 7.57. The molecule has 10 aromatic rings. The maximum atomic E-state index is 9.46. The Kier molecular flexibility index (Phi) is 4.69. The molecule has 0 amide bonds. The molecule has 0 saturated carbocycles. The van der Waals surface area contributed by atoms with Crippen molar-refractivity contribution in [1.82, 2.24) is 15.0 Å². The van der Waals surface area contributed by atoms with Gasteiger partial charge in [0, 0.05) is 53.2 Å². The van der Waals surface area contributed by atoms with Crippen molar-refractivity contribution in [2.45, 2.75) is 0 Å². The molecule has 5 heteroatoms. The van der Waals surface area contributed by atoms with Crippen molar-refractivity contribution in [3.05, 3.63) is 164 Å². The number of hydrogen-bond acceptors (Lipinski definition) is 5. The average Bonchev–Trinajstić information content (AvgIpc) is 3.83. The molecule has 234 valence electrons. The lowest BCUT2D eigenvalue weighted by atomic mass is 9.94. The molecule has 0 aliphatic heterocycles. The van der Waals surface area contributed by atoms with Crippen LogP contribution in [0.5, 0.6) is 0 Å². The van der Waals surface area contributed by atoms with Crippen molar-refractivity contribution in [3.8, 4) is 56.4 Å². The zero-order chi connectivity index (χ0) is 41.7. The number of rotatable bonds is 5. The van der Waals surface area contributed by atoms with Crippen LogP contribution in [0.3, 0.4) is 0 Å². The fourth-order valence-electron chi connectivity index (χ4n) is 6.37. The predicted octanol–water partition coefficient (Wildman–Crippen LogP) is 12.5. The van der Waals surface area contributed by atoms with Crippen LogP contribution in [-0.4, -0.2) is 15.0 Å². The Hall–Kier alpha value is -6.43. The van der Waals surface area contributed by atoms with E-state index in [-0.39, 0.29) is 58.8 Å². The molecule has 0 N–H and O–H groups in total. The van der Waals surface area contributed by atoms with Gasteiger partial charge in [-0.25, -0.2) is 15.0 Å². The maximum absolute atomic E-state index is 9.46. The molecular formula is C45H27N3OS. The van der Waals surface area contributed by atoms with Gasteiger partial charge in [0.1, 0.15) is 11.2 Å². The largest absolute Gasteiger partial charge is 0.455 e. The Balaban J connectivity index is 1.22. The van der Waals surface area contributed by atoms with Crippen molar-refractivity contribution >= 4 is 53.4 Å². The Labute approximate surface area is 306 Å². The van der Waals surface area contributed by atoms with Crippen molar-refractivity contribution in [3.63, 3.8) is 0 Å². The maximum Gasteiger partial charge on any atom is 0.165 e. The summed E-state index contributed by atoms with van der Waals surface area (Å²) in [4.78, 5) is 14.3. The summed E-state index contributed by atoms with van der Waals surface area (Å²) in [5, 5.41) is 2.38. The molecule has 0 atom stereocenters. The normalized spacial score (nSPS) is 14.4. The second kappa shape index (κ2) is 11.6. The predicted molar refractivity (Wildman–Crippen MR) is 207 cm³/mol. The number of para-hydroxylation sites is 1. The van der Waals surface area contributed by atoms with Gasteiger partial charge in [0.15, 0.2) is 17.5 Å². The van der Waals surface area contributed by atoms with Crippen LogP contribution < -0.4 is 0 Å². The SMILES string of the molecule is [2H]c1cc2oc3c(-c4ccccc4)c([2H])c([2H])c(-c4ccc5sc6c(-c7nc(-c8ccccc8)nc(-c8c([2H])c([2H])c([2H])c([2H])c8[2H])n7)cccc6c5c4)c3c2c([2H])c1[2H]. The summed E-state index contributed by atoms with van der Waals surface area (Å²) in [5.74, 6) is 0.429. The smallest absolute Gasteiger partial charge is 0.165 e. The van der Waals surface area contributed by atoms with Crippen LogP contribution in [0, 0.1) is 0 Å². The topological polar surface area (TPSA) is 51.8 Å². The van der Waals surface area contributed by atoms with Gasteiger partial charge in [-0.2, -0.15) is 0 Å². The summed E-state index contributed by atoms with van der Waals surface area (Å²) in [5.41, 5.74) is 3.65. The highest BCUT2D eigenvalue weighted by Crippen LogP contribution is 2.45. The Morgan fingerprint density at radius 3 is 2.02 bits per heavy atom. The monoisotopic (exact) mass is 667 g/mol. The van der Waals surface area contributed by atoms with Crippen molar-refractivity contribution in [2.75, 3.05) is 0 Å². The summed E-state index contributed by atoms with van der Waals surface area (Å²) in [6.07, 6.45) is 0. The third-order valence-electron chi connectivity index (χ3n) is 8.67. The van der Waals surface area contributed by atoms with Gasteiger partial charge in [-0.15, -0.1) is 11.3 Å². The summed E-state index contributed by atoms with van der Waals surface area (Å²) in [6.45, 7) is 0. The second-order valence-electron chi connectivity index (χ2n) is 11.6. The molecule has 0 aliphatic carbocycles. The van der Waals surface area contributed by atoms with E-state index in [0.717, 1.165) is 20.2 Å². The highest BCUT2D eigenvalue weighted by molar-refractivity contribution is 7.26. The Bertz CT molecular complexity index is 3420. The molecule has 10 rings (SSSR count). The molecule has 0 bridgehead atoms. The number of hydrogen-bond donors (Lipinski definition) is 0. The lowest BCUT2D eigenvalue weighted by molar-refractivity contribution is 0.670. The van der Waals surface area contributed by atoms with Crippen molar-refractivity contribution in [1.29, 1.82) is 0 Å². The van der Waals surface area contributed by atoms with E-state index in [1.807, 2.05) is 97.1 Å².